The van der Waals surface area contributed by atoms with Gasteiger partial charge >= 0.3 is 0 Å². The number of fused-ring (bicyclic) bond motifs is 13. The first-order valence-corrected chi connectivity index (χ1v) is 19.4. The zero-order valence-corrected chi connectivity index (χ0v) is 27.3. The van der Waals surface area contributed by atoms with Crippen molar-refractivity contribution in [3.8, 4) is 11.1 Å². The summed E-state index contributed by atoms with van der Waals surface area (Å²) < 4.78 is 6.58. The predicted octanol–water partition coefficient (Wildman–Crippen LogP) is 11.3. The standard InChI is InChI=1S/C44H31NOSi/c1-47(2)41-25-24-37-36-18-10-11-19-40(36)46-44(37)43(41)38-23-21-30(27-42(38)47)45(28-12-4-3-5-13-28)29-20-22-35-33-16-7-6-14-31(33)32-15-8-9-17-34(32)39(35)26-29/h3-27H,1-2H3. The Morgan fingerprint density at radius 2 is 0.979 bits per heavy atom. The van der Waals surface area contributed by atoms with E-state index in [0.29, 0.717) is 0 Å². The van der Waals surface area contributed by atoms with Crippen molar-refractivity contribution in [2.24, 2.45) is 0 Å². The van der Waals surface area contributed by atoms with Crippen LogP contribution in [-0.4, -0.2) is 8.07 Å². The van der Waals surface area contributed by atoms with Crippen molar-refractivity contribution in [3.63, 3.8) is 0 Å². The molecule has 0 saturated heterocycles. The van der Waals surface area contributed by atoms with Crippen LogP contribution < -0.4 is 15.3 Å². The summed E-state index contributed by atoms with van der Waals surface area (Å²) >= 11 is 0. The van der Waals surface area contributed by atoms with E-state index >= 15 is 0 Å². The molecule has 3 heteroatoms. The lowest BCUT2D eigenvalue weighted by atomic mass is 9.94. The second-order valence-electron chi connectivity index (χ2n) is 13.3. The van der Waals surface area contributed by atoms with Gasteiger partial charge in [0.2, 0.25) is 0 Å². The van der Waals surface area contributed by atoms with Crippen molar-refractivity contribution >= 4 is 89.8 Å². The topological polar surface area (TPSA) is 16.4 Å². The molecule has 222 valence electrons. The normalized spacial score (nSPS) is 13.5. The van der Waals surface area contributed by atoms with Crippen molar-refractivity contribution in [3.05, 3.63) is 152 Å². The van der Waals surface area contributed by atoms with Gasteiger partial charge in [0.05, 0.1) is 0 Å². The average molecular weight is 618 g/mol. The zero-order valence-electron chi connectivity index (χ0n) is 26.3. The smallest absolute Gasteiger partial charge is 0.143 e. The molecule has 1 aliphatic heterocycles. The van der Waals surface area contributed by atoms with E-state index in [1.165, 1.54) is 70.3 Å². The van der Waals surface area contributed by atoms with Gasteiger partial charge in [0.25, 0.3) is 0 Å². The van der Waals surface area contributed by atoms with Crippen molar-refractivity contribution < 1.29 is 4.42 Å². The third-order valence-corrected chi connectivity index (χ3v) is 13.9. The summed E-state index contributed by atoms with van der Waals surface area (Å²) in [5.74, 6) is 0. The SMILES string of the molecule is C[Si]1(C)c2cc(N(c3ccccc3)c3ccc4c5ccccc5c5ccccc5c4c3)ccc2-c2c1ccc1c2oc2ccccc21. The quantitative estimate of drug-likeness (QED) is 0.145. The number of hydrogen-bond donors (Lipinski definition) is 0. The van der Waals surface area contributed by atoms with Crippen LogP contribution in [0.1, 0.15) is 0 Å². The maximum atomic E-state index is 6.58. The van der Waals surface area contributed by atoms with Crippen molar-refractivity contribution in [2.75, 3.05) is 4.90 Å². The van der Waals surface area contributed by atoms with Crippen LogP contribution in [0.2, 0.25) is 13.1 Å². The van der Waals surface area contributed by atoms with Crippen LogP contribution in [0.3, 0.4) is 0 Å². The number of para-hydroxylation sites is 2. The molecule has 0 radical (unpaired) electrons. The third kappa shape index (κ3) is 3.72. The van der Waals surface area contributed by atoms with E-state index in [2.05, 4.69) is 170 Å². The summed E-state index contributed by atoms with van der Waals surface area (Å²) in [6, 6.07) is 55.5. The largest absolute Gasteiger partial charge is 0.455 e. The van der Waals surface area contributed by atoms with Crippen LogP contribution >= 0.6 is 0 Å². The number of furan rings is 1. The lowest BCUT2D eigenvalue weighted by Crippen LogP contribution is -2.49. The number of hydrogen-bond acceptors (Lipinski definition) is 2. The van der Waals surface area contributed by atoms with Gasteiger partial charge in [-0.05, 0) is 90.7 Å². The van der Waals surface area contributed by atoms with Crippen LogP contribution in [0, 0.1) is 0 Å². The van der Waals surface area contributed by atoms with Gasteiger partial charge in [0, 0.05) is 33.4 Å². The molecule has 1 aliphatic rings. The average Bonchev–Trinajstić information content (AvgIpc) is 3.61. The van der Waals surface area contributed by atoms with Crippen LogP contribution in [0.4, 0.5) is 17.1 Å². The fourth-order valence-electron chi connectivity index (χ4n) is 8.19. The molecular weight excluding hydrogens is 587 g/mol. The predicted molar refractivity (Wildman–Crippen MR) is 203 cm³/mol. The molecule has 47 heavy (non-hydrogen) atoms. The Hall–Kier alpha value is -5.64. The van der Waals surface area contributed by atoms with Gasteiger partial charge in [-0.2, -0.15) is 0 Å². The van der Waals surface area contributed by atoms with E-state index in [0.717, 1.165) is 22.5 Å². The Balaban J connectivity index is 1.21. The minimum Gasteiger partial charge on any atom is -0.455 e. The molecule has 0 unspecified atom stereocenters. The van der Waals surface area contributed by atoms with Crippen LogP contribution in [-0.2, 0) is 0 Å². The molecule has 0 amide bonds. The number of benzene rings is 8. The maximum Gasteiger partial charge on any atom is 0.143 e. The minimum atomic E-state index is -2.02. The lowest BCUT2D eigenvalue weighted by molar-refractivity contribution is 0.670. The molecule has 10 rings (SSSR count). The molecule has 2 heterocycles. The minimum absolute atomic E-state index is 0.951. The fourth-order valence-corrected chi connectivity index (χ4v) is 11.2. The summed E-state index contributed by atoms with van der Waals surface area (Å²) in [5, 5.41) is 13.0. The second-order valence-corrected chi connectivity index (χ2v) is 17.6. The van der Waals surface area contributed by atoms with Gasteiger partial charge < -0.3 is 9.32 Å². The molecule has 0 atom stereocenters. The summed E-state index contributed by atoms with van der Waals surface area (Å²) in [6.07, 6.45) is 0. The lowest BCUT2D eigenvalue weighted by Gasteiger charge is -2.28. The Morgan fingerprint density at radius 3 is 1.70 bits per heavy atom. The Morgan fingerprint density at radius 1 is 0.426 bits per heavy atom. The number of nitrogens with zero attached hydrogens (tertiary/aromatic N) is 1. The first-order valence-electron chi connectivity index (χ1n) is 16.4. The van der Waals surface area contributed by atoms with Crippen molar-refractivity contribution in [2.45, 2.75) is 13.1 Å². The van der Waals surface area contributed by atoms with Crippen molar-refractivity contribution in [1.82, 2.24) is 0 Å². The van der Waals surface area contributed by atoms with Crippen LogP contribution in [0.5, 0.6) is 0 Å². The van der Waals surface area contributed by atoms with Gasteiger partial charge in [-0.15, -0.1) is 0 Å². The molecular formula is C44H31NOSi. The van der Waals surface area contributed by atoms with E-state index in [-0.39, 0.29) is 0 Å². The molecule has 0 N–H and O–H groups in total. The van der Waals surface area contributed by atoms with E-state index in [9.17, 15) is 0 Å². The Kier molecular flexibility index (Phi) is 5.47. The second kappa shape index (κ2) is 9.68. The molecule has 8 aromatic carbocycles. The first-order chi connectivity index (χ1) is 23.1. The molecule has 1 aromatic heterocycles. The third-order valence-electron chi connectivity index (χ3n) is 10.4. The number of anilines is 3. The summed E-state index contributed by atoms with van der Waals surface area (Å²) in [5.41, 5.74) is 8.04. The van der Waals surface area contributed by atoms with Gasteiger partial charge in [-0.25, -0.2) is 0 Å². The van der Waals surface area contributed by atoms with Crippen molar-refractivity contribution in [1.29, 1.82) is 0 Å². The van der Waals surface area contributed by atoms with E-state index in [1.807, 2.05) is 0 Å². The Labute approximate surface area is 274 Å². The highest BCUT2D eigenvalue weighted by atomic mass is 28.3. The summed E-state index contributed by atoms with van der Waals surface area (Å²) in [4.78, 5) is 2.42. The van der Waals surface area contributed by atoms with E-state index in [1.54, 1.807) is 0 Å². The highest BCUT2D eigenvalue weighted by Crippen LogP contribution is 2.43. The van der Waals surface area contributed by atoms with Crippen LogP contribution in [0.15, 0.2) is 156 Å². The molecule has 2 nitrogen and oxygen atoms in total. The van der Waals surface area contributed by atoms with E-state index in [4.69, 9.17) is 4.42 Å². The highest BCUT2D eigenvalue weighted by Gasteiger charge is 2.40. The first kappa shape index (κ1) is 26.6. The molecule has 9 aromatic rings. The van der Waals surface area contributed by atoms with E-state index < -0.39 is 8.07 Å². The van der Waals surface area contributed by atoms with Gasteiger partial charge in [-0.3, -0.25) is 0 Å². The van der Waals surface area contributed by atoms with Gasteiger partial charge in [0.15, 0.2) is 0 Å². The Bertz CT molecular complexity index is 2690. The molecule has 0 fully saturated rings. The van der Waals surface area contributed by atoms with Gasteiger partial charge in [0.1, 0.15) is 19.2 Å². The molecule has 0 aliphatic carbocycles. The fraction of sp³-hybridized carbons (Fsp3) is 0.0455. The van der Waals surface area contributed by atoms with Gasteiger partial charge in [-0.1, -0.05) is 122 Å². The maximum absolute atomic E-state index is 6.58. The molecule has 0 spiro atoms. The summed E-state index contributed by atoms with van der Waals surface area (Å²) in [6.45, 7) is 4.96. The molecule has 0 saturated carbocycles. The number of rotatable bonds is 3. The molecule has 0 bridgehead atoms. The monoisotopic (exact) mass is 617 g/mol. The van der Waals surface area contributed by atoms with Crippen LogP contribution in [0.25, 0.3) is 65.4 Å². The summed E-state index contributed by atoms with van der Waals surface area (Å²) in [7, 11) is -2.02. The zero-order chi connectivity index (χ0) is 31.3. The highest BCUT2D eigenvalue weighted by molar-refractivity contribution is 7.04.